The summed E-state index contributed by atoms with van der Waals surface area (Å²) < 4.78 is 25.0. The first-order chi connectivity index (χ1) is 16.2. The fourth-order valence-electron chi connectivity index (χ4n) is 4.17. The van der Waals surface area contributed by atoms with E-state index in [-0.39, 0.29) is 17.8 Å². The Bertz CT molecular complexity index is 935. The zero-order valence-corrected chi connectivity index (χ0v) is 20.8. The van der Waals surface area contributed by atoms with Gasteiger partial charge in [-0.25, -0.2) is 4.39 Å². The zero-order valence-electron chi connectivity index (χ0n) is 20.8. The van der Waals surface area contributed by atoms with E-state index in [0.717, 1.165) is 56.5 Å². The van der Waals surface area contributed by atoms with E-state index in [4.69, 9.17) is 15.0 Å². The third-order valence-electron chi connectivity index (χ3n) is 6.27. The molecule has 3 rings (SSSR count). The van der Waals surface area contributed by atoms with Gasteiger partial charge in [0.25, 0.3) is 17.7 Å². The number of hydrogen-bond acceptors (Lipinski definition) is 7. The quantitative estimate of drug-likeness (QED) is 0.471. The van der Waals surface area contributed by atoms with Crippen LogP contribution >= 0.6 is 0 Å². The molecule has 1 fully saturated rings. The average molecular weight is 476 g/mol. The third-order valence-corrected chi connectivity index (χ3v) is 6.27. The fourth-order valence-corrected chi connectivity index (χ4v) is 4.17. The number of rotatable bonds is 11. The number of hydrogen-bond donors (Lipinski definition) is 2. The van der Waals surface area contributed by atoms with E-state index in [9.17, 15) is 9.18 Å². The number of benzene rings is 1. The molecule has 0 bridgehead atoms. The first-order valence-electron chi connectivity index (χ1n) is 12.2. The number of amides is 1. The van der Waals surface area contributed by atoms with Crippen molar-refractivity contribution in [3.05, 3.63) is 35.2 Å². The van der Waals surface area contributed by atoms with Gasteiger partial charge < -0.3 is 25.2 Å². The number of aryl methyl sites for hydroxylation is 1. The number of ether oxygens (including phenoxy) is 1. The normalized spacial score (nSPS) is 15.9. The number of anilines is 1. The van der Waals surface area contributed by atoms with Crippen molar-refractivity contribution < 1.29 is 18.4 Å². The highest BCUT2D eigenvalue weighted by atomic mass is 19.1. The molecule has 1 saturated heterocycles. The minimum absolute atomic E-state index is 0.0202. The molecule has 1 aliphatic rings. The molecule has 8 nitrogen and oxygen atoms in total. The molecule has 188 valence electrons. The van der Waals surface area contributed by atoms with E-state index in [2.05, 4.69) is 20.4 Å². The summed E-state index contributed by atoms with van der Waals surface area (Å²) >= 11 is 0. The predicted molar refractivity (Wildman–Crippen MR) is 130 cm³/mol. The number of nitrogens with zero attached hydrogens (tertiary/aromatic N) is 3. The Hall–Kier alpha value is -2.68. The molecular weight excluding hydrogens is 437 g/mol. The summed E-state index contributed by atoms with van der Waals surface area (Å²) in [5.74, 6) is 1.81. The summed E-state index contributed by atoms with van der Waals surface area (Å²) in [4.78, 5) is 18.7. The van der Waals surface area contributed by atoms with Crippen LogP contribution in [0.2, 0.25) is 0 Å². The second kappa shape index (κ2) is 11.6. The lowest BCUT2D eigenvalue weighted by Crippen LogP contribution is -2.34. The lowest BCUT2D eigenvalue weighted by Gasteiger charge is -2.30. The molecule has 1 aliphatic heterocycles. The second-order valence-electron chi connectivity index (χ2n) is 9.72. The van der Waals surface area contributed by atoms with Gasteiger partial charge in [0.05, 0.1) is 6.61 Å². The van der Waals surface area contributed by atoms with Gasteiger partial charge in [0, 0.05) is 24.7 Å². The summed E-state index contributed by atoms with van der Waals surface area (Å²) in [6.07, 6.45) is 4.87. The summed E-state index contributed by atoms with van der Waals surface area (Å²) in [5, 5.41) is 6.91. The number of nitrogens with one attached hydrogen (secondary N) is 1. The molecule has 1 aromatic carbocycles. The van der Waals surface area contributed by atoms with Crippen LogP contribution in [-0.4, -0.2) is 48.3 Å². The second-order valence-corrected chi connectivity index (χ2v) is 9.72. The Morgan fingerprint density at radius 3 is 2.74 bits per heavy atom. The van der Waals surface area contributed by atoms with Crippen LogP contribution in [0.3, 0.4) is 0 Å². The minimum atomic E-state index is -1.63. The molecular formula is C25H38FN5O3. The molecule has 0 unspecified atom stereocenters. The van der Waals surface area contributed by atoms with Crippen LogP contribution < -0.4 is 20.7 Å². The van der Waals surface area contributed by atoms with Gasteiger partial charge in [-0.2, -0.15) is 4.98 Å². The van der Waals surface area contributed by atoms with Gasteiger partial charge in [-0.05, 0) is 101 Å². The smallest absolute Gasteiger partial charge is 0.266 e. The predicted octanol–water partition coefficient (Wildman–Crippen LogP) is 4.13. The van der Waals surface area contributed by atoms with Gasteiger partial charge in [-0.3, -0.25) is 4.79 Å². The highest BCUT2D eigenvalue weighted by Gasteiger charge is 2.29. The average Bonchev–Trinajstić information content (AvgIpc) is 3.28. The molecule has 34 heavy (non-hydrogen) atoms. The number of alkyl halides is 1. The van der Waals surface area contributed by atoms with Gasteiger partial charge in [-0.1, -0.05) is 0 Å². The van der Waals surface area contributed by atoms with Crippen molar-refractivity contribution in [3.63, 3.8) is 0 Å². The van der Waals surface area contributed by atoms with E-state index < -0.39 is 5.67 Å². The number of nitrogens with two attached hydrogens (primary N) is 1. The zero-order chi connectivity index (χ0) is 24.7. The maximum atomic E-state index is 14.0. The Morgan fingerprint density at radius 2 is 2.12 bits per heavy atom. The molecule has 1 atom stereocenters. The Kier molecular flexibility index (Phi) is 8.88. The molecule has 0 radical (unpaired) electrons. The molecule has 1 amide bonds. The van der Waals surface area contributed by atoms with E-state index in [0.29, 0.717) is 30.6 Å². The highest BCUT2D eigenvalue weighted by molar-refractivity contribution is 5.95. The maximum absolute atomic E-state index is 14.0. The Labute approximate surface area is 201 Å². The first-order valence-corrected chi connectivity index (χ1v) is 12.2. The van der Waals surface area contributed by atoms with E-state index in [1.807, 2.05) is 32.0 Å². The highest BCUT2D eigenvalue weighted by Crippen LogP contribution is 2.28. The topological polar surface area (TPSA) is 107 Å². The largest absolute Gasteiger partial charge is 0.494 e. The van der Waals surface area contributed by atoms with Gasteiger partial charge >= 0.3 is 0 Å². The van der Waals surface area contributed by atoms with Gasteiger partial charge in [0.1, 0.15) is 5.75 Å². The standard InChI is InChI=1S/C25H38FN5O3/c1-17-16-20(7-8-21(17)22(32)28-18(2)9-12-27)33-15-5-6-19-10-13-31(14-11-19)24-29-23(34-30-24)25(3,4)26/h7-8,16,18-19H,5-6,9-15,27H2,1-4H3,(H,28,32)/t18-/m1/s1. The lowest BCUT2D eigenvalue weighted by molar-refractivity contribution is 0.0938. The van der Waals surface area contributed by atoms with E-state index in [1.54, 1.807) is 0 Å². The number of aromatic nitrogens is 2. The van der Waals surface area contributed by atoms with Crippen LogP contribution in [0, 0.1) is 12.8 Å². The molecule has 2 heterocycles. The van der Waals surface area contributed by atoms with Gasteiger partial charge in [0.2, 0.25) is 0 Å². The third kappa shape index (κ3) is 7.16. The molecule has 3 N–H and O–H groups in total. The van der Waals surface area contributed by atoms with Crippen molar-refractivity contribution >= 4 is 11.9 Å². The Balaban J connectivity index is 1.38. The van der Waals surface area contributed by atoms with Crippen molar-refractivity contribution in [1.29, 1.82) is 0 Å². The lowest BCUT2D eigenvalue weighted by atomic mass is 9.92. The van der Waals surface area contributed by atoms with Crippen molar-refractivity contribution in [3.8, 4) is 5.75 Å². The molecule has 1 aromatic heterocycles. The molecule has 0 aliphatic carbocycles. The van der Waals surface area contributed by atoms with Gasteiger partial charge in [0.15, 0.2) is 5.67 Å². The maximum Gasteiger partial charge on any atom is 0.266 e. The summed E-state index contributed by atoms with van der Waals surface area (Å²) in [6, 6.07) is 5.63. The number of piperidine rings is 1. The fraction of sp³-hybridized carbons (Fsp3) is 0.640. The Morgan fingerprint density at radius 1 is 1.38 bits per heavy atom. The monoisotopic (exact) mass is 475 g/mol. The van der Waals surface area contributed by atoms with Crippen molar-refractivity contribution in [2.45, 2.75) is 71.5 Å². The van der Waals surface area contributed by atoms with Crippen molar-refractivity contribution in [2.75, 3.05) is 31.1 Å². The van der Waals surface area contributed by atoms with E-state index >= 15 is 0 Å². The van der Waals surface area contributed by atoms with Crippen LogP contribution in [0.1, 0.15) is 74.7 Å². The van der Waals surface area contributed by atoms with Crippen LogP contribution in [0.5, 0.6) is 5.75 Å². The van der Waals surface area contributed by atoms with Gasteiger partial charge in [-0.15, -0.1) is 0 Å². The number of carbonyl (C=O) groups excluding carboxylic acids is 1. The summed E-state index contributed by atoms with van der Waals surface area (Å²) in [6.45, 7) is 9.56. The summed E-state index contributed by atoms with van der Waals surface area (Å²) in [5.41, 5.74) is 5.48. The van der Waals surface area contributed by atoms with Crippen molar-refractivity contribution in [2.24, 2.45) is 11.7 Å². The minimum Gasteiger partial charge on any atom is -0.494 e. The van der Waals surface area contributed by atoms with Crippen LogP contribution in [-0.2, 0) is 5.67 Å². The SMILES string of the molecule is Cc1cc(OCCCC2CCN(c3noc(C(C)(C)F)n3)CC2)ccc1C(=O)N[C@H](C)CCN. The molecule has 0 saturated carbocycles. The number of halogens is 1. The molecule has 2 aromatic rings. The van der Waals surface area contributed by atoms with Crippen LogP contribution in [0.25, 0.3) is 0 Å². The molecule has 9 heteroatoms. The van der Waals surface area contributed by atoms with Crippen molar-refractivity contribution in [1.82, 2.24) is 15.5 Å². The molecule has 0 spiro atoms. The van der Waals surface area contributed by atoms with Crippen LogP contribution in [0.4, 0.5) is 10.3 Å². The number of carbonyl (C=O) groups is 1. The van der Waals surface area contributed by atoms with E-state index in [1.165, 1.54) is 13.8 Å². The van der Waals surface area contributed by atoms with Crippen LogP contribution in [0.15, 0.2) is 22.7 Å². The first kappa shape index (κ1) is 25.9. The summed E-state index contributed by atoms with van der Waals surface area (Å²) in [7, 11) is 0.